The number of hydrogen-bond donors (Lipinski definition) is 1. The zero-order valence-electron chi connectivity index (χ0n) is 9.60. The third kappa shape index (κ3) is 1.80. The molecule has 1 aromatic heterocycles. The van der Waals surface area contributed by atoms with Crippen LogP contribution in [0.15, 0.2) is 54.6 Å². The number of aromatic nitrogens is 1. The van der Waals surface area contributed by atoms with Crippen LogP contribution in [0.3, 0.4) is 0 Å². The molecule has 0 fully saturated rings. The second kappa shape index (κ2) is 4.11. The Morgan fingerprint density at radius 1 is 0.944 bits per heavy atom. The van der Waals surface area contributed by atoms with E-state index >= 15 is 0 Å². The number of anilines is 1. The maximum absolute atomic E-state index is 13.1. The smallest absolute Gasteiger partial charge is 0.123 e. The van der Waals surface area contributed by atoms with E-state index in [1.54, 1.807) is 12.1 Å². The summed E-state index contributed by atoms with van der Waals surface area (Å²) in [5, 5.41) is 0.715. The third-order valence-corrected chi connectivity index (χ3v) is 2.85. The summed E-state index contributed by atoms with van der Waals surface area (Å²) in [5.74, 6) is -0.281. The van der Waals surface area contributed by atoms with Gasteiger partial charge in [0.25, 0.3) is 0 Å². The first-order valence-corrected chi connectivity index (χ1v) is 5.65. The largest absolute Gasteiger partial charge is 0.397 e. The zero-order valence-corrected chi connectivity index (χ0v) is 9.60. The van der Waals surface area contributed by atoms with Crippen LogP contribution in [0.4, 0.5) is 10.1 Å². The van der Waals surface area contributed by atoms with Crippen molar-refractivity contribution in [3.8, 4) is 11.3 Å². The van der Waals surface area contributed by atoms with Crippen LogP contribution in [0, 0.1) is 5.82 Å². The molecule has 0 aliphatic heterocycles. The fourth-order valence-corrected chi connectivity index (χ4v) is 1.99. The number of nitrogens with two attached hydrogens (primary N) is 1. The van der Waals surface area contributed by atoms with Gasteiger partial charge in [0.05, 0.1) is 16.9 Å². The molecule has 0 aliphatic rings. The number of hydrogen-bond acceptors (Lipinski definition) is 2. The zero-order chi connectivity index (χ0) is 12.5. The number of halogens is 1. The van der Waals surface area contributed by atoms with E-state index in [0.717, 1.165) is 16.8 Å². The molecule has 0 radical (unpaired) electrons. The minimum atomic E-state index is -0.281. The topological polar surface area (TPSA) is 38.9 Å². The van der Waals surface area contributed by atoms with Crippen molar-refractivity contribution in [2.24, 2.45) is 0 Å². The summed E-state index contributed by atoms with van der Waals surface area (Å²) in [4.78, 5) is 4.49. The summed E-state index contributed by atoms with van der Waals surface area (Å²) < 4.78 is 13.1. The summed E-state index contributed by atoms with van der Waals surface area (Å²) in [6, 6.07) is 16.0. The standard InChI is InChI=1S/C15H11FN2/c16-12-6-7-14-11(8-12)9-13(17)15(18-14)10-4-2-1-3-5-10/h1-9H,17H2. The van der Waals surface area contributed by atoms with E-state index in [9.17, 15) is 4.39 Å². The molecule has 0 saturated carbocycles. The highest BCUT2D eigenvalue weighted by Crippen LogP contribution is 2.27. The van der Waals surface area contributed by atoms with Gasteiger partial charge in [-0.25, -0.2) is 9.37 Å². The number of pyridine rings is 1. The van der Waals surface area contributed by atoms with Crippen molar-refractivity contribution in [1.29, 1.82) is 0 Å². The first-order valence-electron chi connectivity index (χ1n) is 5.65. The van der Waals surface area contributed by atoms with Crippen molar-refractivity contribution in [2.75, 3.05) is 5.73 Å². The molecule has 0 aliphatic carbocycles. The fourth-order valence-electron chi connectivity index (χ4n) is 1.99. The molecule has 18 heavy (non-hydrogen) atoms. The molecule has 0 bridgehead atoms. The predicted molar refractivity (Wildman–Crippen MR) is 71.5 cm³/mol. The van der Waals surface area contributed by atoms with E-state index < -0.39 is 0 Å². The molecule has 88 valence electrons. The average Bonchev–Trinajstić information content (AvgIpc) is 2.39. The van der Waals surface area contributed by atoms with Gasteiger partial charge < -0.3 is 5.73 Å². The second-order valence-corrected chi connectivity index (χ2v) is 4.13. The van der Waals surface area contributed by atoms with Crippen LogP contribution in [0.5, 0.6) is 0 Å². The van der Waals surface area contributed by atoms with E-state index in [1.165, 1.54) is 12.1 Å². The van der Waals surface area contributed by atoms with Gasteiger partial charge in [-0.15, -0.1) is 0 Å². The minimum Gasteiger partial charge on any atom is -0.397 e. The van der Waals surface area contributed by atoms with Crippen LogP contribution in [0.1, 0.15) is 0 Å². The highest BCUT2D eigenvalue weighted by molar-refractivity contribution is 5.88. The molecule has 0 spiro atoms. The molecule has 0 unspecified atom stereocenters. The van der Waals surface area contributed by atoms with Gasteiger partial charge in [-0.2, -0.15) is 0 Å². The molecule has 2 N–H and O–H groups in total. The predicted octanol–water partition coefficient (Wildman–Crippen LogP) is 3.62. The van der Waals surface area contributed by atoms with Gasteiger partial charge in [0.2, 0.25) is 0 Å². The lowest BCUT2D eigenvalue weighted by atomic mass is 10.1. The molecule has 2 aromatic carbocycles. The van der Waals surface area contributed by atoms with Crippen molar-refractivity contribution < 1.29 is 4.39 Å². The Morgan fingerprint density at radius 2 is 1.72 bits per heavy atom. The highest BCUT2D eigenvalue weighted by Gasteiger charge is 2.06. The third-order valence-electron chi connectivity index (χ3n) is 2.85. The summed E-state index contributed by atoms with van der Waals surface area (Å²) >= 11 is 0. The molecule has 3 heteroatoms. The number of fused-ring (bicyclic) bond motifs is 1. The van der Waals surface area contributed by atoms with Crippen molar-refractivity contribution in [3.05, 3.63) is 60.4 Å². The van der Waals surface area contributed by atoms with E-state index in [-0.39, 0.29) is 5.82 Å². The molecule has 0 atom stereocenters. The number of rotatable bonds is 1. The molecule has 0 amide bonds. The lowest BCUT2D eigenvalue weighted by Gasteiger charge is -2.07. The Kier molecular flexibility index (Phi) is 2.45. The van der Waals surface area contributed by atoms with Gasteiger partial charge in [0.15, 0.2) is 0 Å². The maximum atomic E-state index is 13.1. The van der Waals surface area contributed by atoms with Gasteiger partial charge >= 0.3 is 0 Å². The van der Waals surface area contributed by atoms with Crippen molar-refractivity contribution in [3.63, 3.8) is 0 Å². The summed E-state index contributed by atoms with van der Waals surface area (Å²) in [5.41, 5.74) is 8.97. The van der Waals surface area contributed by atoms with Gasteiger partial charge in [-0.05, 0) is 24.3 Å². The Hall–Kier alpha value is -2.42. The molecule has 2 nitrogen and oxygen atoms in total. The van der Waals surface area contributed by atoms with Crippen LogP contribution in [0.2, 0.25) is 0 Å². The Balaban J connectivity index is 2.25. The van der Waals surface area contributed by atoms with Gasteiger partial charge in [-0.1, -0.05) is 30.3 Å². The van der Waals surface area contributed by atoms with Crippen molar-refractivity contribution in [2.45, 2.75) is 0 Å². The average molecular weight is 238 g/mol. The lowest BCUT2D eigenvalue weighted by molar-refractivity contribution is 0.629. The van der Waals surface area contributed by atoms with Gasteiger partial charge in [0, 0.05) is 10.9 Å². The van der Waals surface area contributed by atoms with Crippen LogP contribution in [-0.2, 0) is 0 Å². The molecule has 1 heterocycles. The van der Waals surface area contributed by atoms with Crippen LogP contribution >= 0.6 is 0 Å². The SMILES string of the molecule is Nc1cc2cc(F)ccc2nc1-c1ccccc1. The number of benzene rings is 2. The fraction of sp³-hybridized carbons (Fsp3) is 0. The Morgan fingerprint density at radius 3 is 2.50 bits per heavy atom. The maximum Gasteiger partial charge on any atom is 0.123 e. The van der Waals surface area contributed by atoms with Gasteiger partial charge in [-0.3, -0.25) is 0 Å². The Labute approximate surface area is 104 Å². The summed E-state index contributed by atoms with van der Waals surface area (Å²) in [6.07, 6.45) is 0. The molecular formula is C15H11FN2. The quantitative estimate of drug-likeness (QED) is 0.703. The number of nitrogens with zero attached hydrogens (tertiary/aromatic N) is 1. The minimum absolute atomic E-state index is 0.281. The molecule has 3 rings (SSSR count). The number of nitrogen functional groups attached to an aromatic ring is 1. The van der Waals surface area contributed by atoms with Crippen molar-refractivity contribution in [1.82, 2.24) is 4.98 Å². The summed E-state index contributed by atoms with van der Waals surface area (Å²) in [7, 11) is 0. The molecular weight excluding hydrogens is 227 g/mol. The second-order valence-electron chi connectivity index (χ2n) is 4.13. The molecule has 0 saturated heterocycles. The van der Waals surface area contributed by atoms with E-state index in [4.69, 9.17) is 5.73 Å². The highest BCUT2D eigenvalue weighted by atomic mass is 19.1. The Bertz CT molecular complexity index is 708. The van der Waals surface area contributed by atoms with Crippen LogP contribution in [0.25, 0.3) is 22.2 Å². The van der Waals surface area contributed by atoms with E-state index in [1.807, 2.05) is 30.3 Å². The monoisotopic (exact) mass is 238 g/mol. The lowest BCUT2D eigenvalue weighted by Crippen LogP contribution is -1.94. The normalized spacial score (nSPS) is 10.7. The first-order chi connectivity index (χ1) is 8.74. The van der Waals surface area contributed by atoms with Gasteiger partial charge in [0.1, 0.15) is 5.82 Å². The summed E-state index contributed by atoms with van der Waals surface area (Å²) in [6.45, 7) is 0. The van der Waals surface area contributed by atoms with Crippen molar-refractivity contribution >= 4 is 16.6 Å². The first kappa shape index (κ1) is 10.7. The van der Waals surface area contributed by atoms with Crippen LogP contribution < -0.4 is 5.73 Å². The molecule has 3 aromatic rings. The van der Waals surface area contributed by atoms with Crippen LogP contribution in [-0.4, -0.2) is 4.98 Å². The van der Waals surface area contributed by atoms with E-state index in [0.29, 0.717) is 11.1 Å². The van der Waals surface area contributed by atoms with E-state index in [2.05, 4.69) is 4.98 Å².